The van der Waals surface area contributed by atoms with Gasteiger partial charge in [-0.3, -0.25) is 0 Å². The molecule has 2 aliphatic heterocycles. The van der Waals surface area contributed by atoms with Gasteiger partial charge in [-0.1, -0.05) is 24.3 Å². The number of fused-ring (bicyclic) bond motifs is 2. The van der Waals surface area contributed by atoms with E-state index in [9.17, 15) is 5.11 Å². The third kappa shape index (κ3) is 2.63. The molecule has 0 saturated carbocycles. The van der Waals surface area contributed by atoms with Crippen molar-refractivity contribution >= 4 is 11.6 Å². The SMILES string of the molecule is Cc1nc(N[C@@H](C)CO)cc(N2C[C@H]3CC[C@H]2c2ccccc23)n1. The fourth-order valence-corrected chi connectivity index (χ4v) is 4.06. The van der Waals surface area contributed by atoms with Crippen molar-refractivity contribution in [3.63, 3.8) is 0 Å². The Morgan fingerprint density at radius 1 is 1.25 bits per heavy atom. The van der Waals surface area contributed by atoms with Crippen LogP contribution in [0.25, 0.3) is 0 Å². The van der Waals surface area contributed by atoms with E-state index in [4.69, 9.17) is 4.98 Å². The minimum absolute atomic E-state index is 0.0225. The lowest BCUT2D eigenvalue weighted by Gasteiger charge is -2.47. The average molecular weight is 324 g/mol. The third-order valence-corrected chi connectivity index (χ3v) is 5.16. The maximum absolute atomic E-state index is 9.26. The number of rotatable bonds is 4. The van der Waals surface area contributed by atoms with Crippen LogP contribution < -0.4 is 10.2 Å². The number of anilines is 2. The second-order valence-corrected chi connectivity index (χ2v) is 6.96. The summed E-state index contributed by atoms with van der Waals surface area (Å²) >= 11 is 0. The standard InChI is InChI=1S/C19H24N4O/c1-12(11-24)20-18-9-19(22-13(2)21-18)23-10-14-7-8-17(23)16-6-4-3-5-15(14)16/h3-6,9,12,14,17,24H,7-8,10-11H2,1-2H3,(H,20,21,22)/t12-,14+,17-/m0/s1. The summed E-state index contributed by atoms with van der Waals surface area (Å²) in [6.45, 7) is 4.97. The van der Waals surface area contributed by atoms with E-state index in [0.29, 0.717) is 12.0 Å². The van der Waals surface area contributed by atoms with Crippen LogP contribution >= 0.6 is 0 Å². The topological polar surface area (TPSA) is 61.3 Å². The van der Waals surface area contributed by atoms with Gasteiger partial charge in [0.25, 0.3) is 0 Å². The van der Waals surface area contributed by atoms with Crippen molar-refractivity contribution in [2.24, 2.45) is 0 Å². The summed E-state index contributed by atoms with van der Waals surface area (Å²) in [6, 6.07) is 11.2. The van der Waals surface area contributed by atoms with Crippen LogP contribution in [-0.4, -0.2) is 34.3 Å². The number of aryl methyl sites for hydroxylation is 1. The van der Waals surface area contributed by atoms with Crippen molar-refractivity contribution in [3.8, 4) is 0 Å². The minimum atomic E-state index is -0.0225. The molecule has 24 heavy (non-hydrogen) atoms. The van der Waals surface area contributed by atoms with Gasteiger partial charge >= 0.3 is 0 Å². The molecular formula is C19H24N4O. The van der Waals surface area contributed by atoms with E-state index in [1.54, 1.807) is 0 Å². The zero-order valence-electron chi connectivity index (χ0n) is 14.2. The Morgan fingerprint density at radius 3 is 2.83 bits per heavy atom. The van der Waals surface area contributed by atoms with Crippen LogP contribution in [0.4, 0.5) is 11.6 Å². The largest absolute Gasteiger partial charge is 0.394 e. The Balaban J connectivity index is 1.68. The fraction of sp³-hybridized carbons (Fsp3) is 0.474. The molecule has 5 heteroatoms. The van der Waals surface area contributed by atoms with Gasteiger partial charge in [0.1, 0.15) is 17.5 Å². The first-order valence-electron chi connectivity index (χ1n) is 8.74. The molecule has 3 aliphatic rings. The first-order chi connectivity index (χ1) is 11.7. The van der Waals surface area contributed by atoms with Crippen molar-refractivity contribution in [1.82, 2.24) is 9.97 Å². The number of aromatic nitrogens is 2. The number of nitrogens with one attached hydrogen (secondary N) is 1. The minimum Gasteiger partial charge on any atom is -0.394 e. The smallest absolute Gasteiger partial charge is 0.134 e. The third-order valence-electron chi connectivity index (χ3n) is 5.16. The van der Waals surface area contributed by atoms with Crippen LogP contribution in [0.3, 0.4) is 0 Å². The summed E-state index contributed by atoms with van der Waals surface area (Å²) in [4.78, 5) is 11.6. The predicted octanol–water partition coefficient (Wildman–Crippen LogP) is 3.02. The molecule has 0 radical (unpaired) electrons. The van der Waals surface area contributed by atoms with E-state index in [0.717, 1.165) is 24.0 Å². The molecule has 2 bridgehead atoms. The number of hydrogen-bond donors (Lipinski definition) is 2. The molecule has 1 fully saturated rings. The van der Waals surface area contributed by atoms with Gasteiger partial charge in [-0.25, -0.2) is 9.97 Å². The van der Waals surface area contributed by atoms with E-state index in [1.165, 1.54) is 24.0 Å². The molecule has 5 rings (SSSR count). The Bertz CT molecular complexity index is 748. The molecule has 1 aromatic heterocycles. The normalized spacial score (nSPS) is 23.0. The highest BCUT2D eigenvalue weighted by molar-refractivity contribution is 5.55. The molecule has 1 aromatic carbocycles. The predicted molar refractivity (Wildman–Crippen MR) is 95.4 cm³/mol. The Kier molecular flexibility index (Phi) is 3.88. The van der Waals surface area contributed by atoms with E-state index in [2.05, 4.69) is 39.5 Å². The van der Waals surface area contributed by atoms with E-state index < -0.39 is 0 Å². The molecule has 0 spiro atoms. The fourth-order valence-electron chi connectivity index (χ4n) is 4.06. The van der Waals surface area contributed by atoms with Gasteiger partial charge in [0, 0.05) is 24.6 Å². The molecule has 0 unspecified atom stereocenters. The number of benzene rings is 1. The molecule has 0 amide bonds. The first kappa shape index (κ1) is 15.4. The quantitative estimate of drug-likeness (QED) is 0.905. The first-order valence-corrected chi connectivity index (χ1v) is 8.74. The monoisotopic (exact) mass is 324 g/mol. The summed E-state index contributed by atoms with van der Waals surface area (Å²) in [6.07, 6.45) is 2.44. The molecule has 126 valence electrons. The zero-order valence-corrected chi connectivity index (χ0v) is 14.2. The second kappa shape index (κ2) is 6.06. The van der Waals surface area contributed by atoms with Gasteiger partial charge in [-0.2, -0.15) is 0 Å². The van der Waals surface area contributed by atoms with E-state index in [1.807, 2.05) is 19.9 Å². The average Bonchev–Trinajstić information content (AvgIpc) is 2.61. The number of aliphatic hydroxyl groups is 1. The lowest BCUT2D eigenvalue weighted by molar-refractivity contribution is 0.281. The van der Waals surface area contributed by atoms with Crippen LogP contribution in [0.1, 0.15) is 48.7 Å². The van der Waals surface area contributed by atoms with Gasteiger partial charge in [0.15, 0.2) is 0 Å². The Labute approximate surface area is 142 Å². The number of piperidine rings is 1. The van der Waals surface area contributed by atoms with Crippen molar-refractivity contribution < 1.29 is 5.11 Å². The maximum Gasteiger partial charge on any atom is 0.134 e. The summed E-state index contributed by atoms with van der Waals surface area (Å²) in [5, 5.41) is 12.5. The molecule has 5 nitrogen and oxygen atoms in total. The van der Waals surface area contributed by atoms with Crippen LogP contribution in [-0.2, 0) is 0 Å². The van der Waals surface area contributed by atoms with E-state index >= 15 is 0 Å². The van der Waals surface area contributed by atoms with Crippen molar-refractivity contribution in [2.75, 3.05) is 23.4 Å². The molecule has 1 aliphatic carbocycles. The number of aliphatic hydroxyl groups excluding tert-OH is 1. The van der Waals surface area contributed by atoms with E-state index in [-0.39, 0.29) is 12.6 Å². The highest BCUT2D eigenvalue weighted by atomic mass is 16.3. The van der Waals surface area contributed by atoms with Crippen LogP contribution in [0, 0.1) is 6.92 Å². The van der Waals surface area contributed by atoms with Crippen molar-refractivity contribution in [1.29, 1.82) is 0 Å². The van der Waals surface area contributed by atoms with Gasteiger partial charge in [-0.05, 0) is 37.8 Å². The van der Waals surface area contributed by atoms with Crippen molar-refractivity contribution in [2.45, 2.75) is 44.7 Å². The molecular weight excluding hydrogens is 300 g/mol. The Morgan fingerprint density at radius 2 is 2.04 bits per heavy atom. The summed E-state index contributed by atoms with van der Waals surface area (Å²) < 4.78 is 0. The highest BCUT2D eigenvalue weighted by Crippen LogP contribution is 2.47. The summed E-state index contributed by atoms with van der Waals surface area (Å²) in [5.74, 6) is 3.12. The lowest BCUT2D eigenvalue weighted by Crippen LogP contribution is -2.43. The second-order valence-electron chi connectivity index (χ2n) is 6.96. The molecule has 2 aromatic rings. The number of hydrogen-bond acceptors (Lipinski definition) is 5. The number of nitrogens with zero attached hydrogens (tertiary/aromatic N) is 3. The molecule has 2 N–H and O–H groups in total. The zero-order chi connectivity index (χ0) is 16.7. The molecule has 3 heterocycles. The Hall–Kier alpha value is -2.14. The van der Waals surface area contributed by atoms with Crippen LogP contribution in [0.5, 0.6) is 0 Å². The van der Waals surface area contributed by atoms with Gasteiger partial charge in [0.2, 0.25) is 0 Å². The summed E-state index contributed by atoms with van der Waals surface area (Å²) in [5.41, 5.74) is 2.97. The van der Waals surface area contributed by atoms with Crippen LogP contribution in [0.2, 0.25) is 0 Å². The lowest BCUT2D eigenvalue weighted by atomic mass is 9.75. The van der Waals surface area contributed by atoms with Crippen LogP contribution in [0.15, 0.2) is 30.3 Å². The summed E-state index contributed by atoms with van der Waals surface area (Å²) in [7, 11) is 0. The van der Waals surface area contributed by atoms with Gasteiger partial charge in [-0.15, -0.1) is 0 Å². The maximum atomic E-state index is 9.26. The van der Waals surface area contributed by atoms with Gasteiger partial charge in [0.05, 0.1) is 12.6 Å². The highest BCUT2D eigenvalue weighted by Gasteiger charge is 2.38. The molecule has 1 saturated heterocycles. The van der Waals surface area contributed by atoms with Crippen molar-refractivity contribution in [3.05, 3.63) is 47.3 Å². The van der Waals surface area contributed by atoms with Gasteiger partial charge < -0.3 is 15.3 Å². The molecule has 3 atom stereocenters.